The molecule has 1 aliphatic rings. The van der Waals surface area contributed by atoms with E-state index in [0.717, 1.165) is 33.7 Å². The van der Waals surface area contributed by atoms with Gasteiger partial charge in [0.05, 0.1) is 24.5 Å². The molecule has 0 saturated heterocycles. The average molecular weight is 389 g/mol. The molecule has 0 radical (unpaired) electrons. The first kappa shape index (κ1) is 21.8. The van der Waals surface area contributed by atoms with Gasteiger partial charge in [-0.2, -0.15) is 0 Å². The van der Waals surface area contributed by atoms with Crippen molar-refractivity contribution in [3.8, 4) is 5.75 Å². The SMILES string of the molecule is CCNc1c(C/C=C(\C)CCC(=O)OC(C)C)c(OC)c(C)c2c1C(=O)OC2. The summed E-state index contributed by atoms with van der Waals surface area (Å²) in [6.45, 7) is 10.6. The predicted octanol–water partition coefficient (Wildman–Crippen LogP) is 4.33. The number of esters is 2. The molecule has 0 unspecified atom stereocenters. The summed E-state index contributed by atoms with van der Waals surface area (Å²) in [5.74, 6) is 0.288. The van der Waals surface area contributed by atoms with Crippen LogP contribution in [0.25, 0.3) is 0 Å². The lowest BCUT2D eigenvalue weighted by Crippen LogP contribution is -2.11. The number of benzene rings is 1. The Labute approximate surface area is 167 Å². The number of ether oxygens (including phenoxy) is 3. The quantitative estimate of drug-likeness (QED) is 0.501. The fraction of sp³-hybridized carbons (Fsp3) is 0.545. The van der Waals surface area contributed by atoms with Gasteiger partial charge in [-0.3, -0.25) is 4.79 Å². The third-order valence-electron chi connectivity index (χ3n) is 4.78. The number of hydrogen-bond donors (Lipinski definition) is 1. The summed E-state index contributed by atoms with van der Waals surface area (Å²) in [5.41, 5.74) is 5.24. The number of methoxy groups -OCH3 is 1. The number of carbonyl (C=O) groups is 2. The van der Waals surface area contributed by atoms with Crippen molar-refractivity contribution in [1.29, 1.82) is 0 Å². The van der Waals surface area contributed by atoms with Crippen molar-refractivity contribution < 1.29 is 23.8 Å². The molecular weight excluding hydrogens is 358 g/mol. The topological polar surface area (TPSA) is 73.9 Å². The third-order valence-corrected chi connectivity index (χ3v) is 4.78. The van der Waals surface area contributed by atoms with Gasteiger partial charge < -0.3 is 19.5 Å². The van der Waals surface area contributed by atoms with E-state index in [1.54, 1.807) is 7.11 Å². The highest BCUT2D eigenvalue weighted by atomic mass is 16.5. The number of carbonyl (C=O) groups excluding carboxylic acids is 2. The van der Waals surface area contributed by atoms with Crippen LogP contribution in [0.15, 0.2) is 11.6 Å². The molecule has 1 aliphatic heterocycles. The Morgan fingerprint density at radius 3 is 2.64 bits per heavy atom. The molecular formula is C22H31NO5. The van der Waals surface area contributed by atoms with Gasteiger partial charge in [0.25, 0.3) is 0 Å². The molecule has 1 heterocycles. The maximum atomic E-state index is 12.3. The number of hydrogen-bond acceptors (Lipinski definition) is 6. The van der Waals surface area contributed by atoms with Crippen LogP contribution in [0.1, 0.15) is 67.6 Å². The third kappa shape index (κ3) is 4.86. The van der Waals surface area contributed by atoms with E-state index in [9.17, 15) is 9.59 Å². The number of rotatable bonds is 9. The minimum Gasteiger partial charge on any atom is -0.496 e. The smallest absolute Gasteiger partial charge is 0.341 e. The van der Waals surface area contributed by atoms with Gasteiger partial charge in [0, 0.05) is 24.1 Å². The molecule has 154 valence electrons. The molecule has 0 aliphatic carbocycles. The summed E-state index contributed by atoms with van der Waals surface area (Å²) in [4.78, 5) is 24.0. The Kier molecular flexibility index (Phi) is 7.49. The van der Waals surface area contributed by atoms with Gasteiger partial charge in [0.15, 0.2) is 0 Å². The van der Waals surface area contributed by atoms with Gasteiger partial charge in [-0.15, -0.1) is 0 Å². The lowest BCUT2D eigenvalue weighted by molar-refractivity contribution is -0.147. The van der Waals surface area contributed by atoms with Crippen LogP contribution in [0.3, 0.4) is 0 Å². The van der Waals surface area contributed by atoms with E-state index in [4.69, 9.17) is 14.2 Å². The highest BCUT2D eigenvalue weighted by molar-refractivity contribution is 6.01. The first-order valence-electron chi connectivity index (χ1n) is 9.78. The Hall–Kier alpha value is -2.50. The average Bonchev–Trinajstić information content (AvgIpc) is 3.02. The van der Waals surface area contributed by atoms with Gasteiger partial charge in [-0.25, -0.2) is 4.79 Å². The predicted molar refractivity (Wildman–Crippen MR) is 109 cm³/mol. The summed E-state index contributed by atoms with van der Waals surface area (Å²) in [7, 11) is 1.64. The molecule has 1 N–H and O–H groups in total. The minimum absolute atomic E-state index is 0.0992. The molecule has 0 fully saturated rings. The molecule has 0 amide bonds. The van der Waals surface area contributed by atoms with Crippen molar-refractivity contribution in [2.75, 3.05) is 19.0 Å². The monoisotopic (exact) mass is 389 g/mol. The van der Waals surface area contributed by atoms with Crippen molar-refractivity contribution in [2.45, 2.75) is 66.6 Å². The number of fused-ring (bicyclic) bond motifs is 1. The lowest BCUT2D eigenvalue weighted by atomic mass is 9.93. The molecule has 0 saturated carbocycles. The molecule has 0 spiro atoms. The van der Waals surface area contributed by atoms with Crippen molar-refractivity contribution in [1.82, 2.24) is 0 Å². The molecule has 2 rings (SSSR count). The molecule has 6 nitrogen and oxygen atoms in total. The lowest BCUT2D eigenvalue weighted by Gasteiger charge is -2.19. The normalized spacial score (nSPS) is 13.4. The van der Waals surface area contributed by atoms with E-state index >= 15 is 0 Å². The zero-order chi connectivity index (χ0) is 20.8. The van der Waals surface area contributed by atoms with Gasteiger partial charge in [-0.05, 0) is 53.0 Å². The van der Waals surface area contributed by atoms with Crippen molar-refractivity contribution in [3.63, 3.8) is 0 Å². The van der Waals surface area contributed by atoms with E-state index < -0.39 is 0 Å². The second kappa shape index (κ2) is 9.62. The Morgan fingerprint density at radius 1 is 1.32 bits per heavy atom. The minimum atomic E-state index is -0.296. The van der Waals surface area contributed by atoms with Gasteiger partial charge in [0.2, 0.25) is 0 Å². The number of anilines is 1. The summed E-state index contributed by atoms with van der Waals surface area (Å²) in [6, 6.07) is 0. The molecule has 1 aromatic carbocycles. The van der Waals surface area contributed by atoms with E-state index in [-0.39, 0.29) is 24.6 Å². The van der Waals surface area contributed by atoms with E-state index in [2.05, 4.69) is 11.4 Å². The molecule has 0 aromatic heterocycles. The number of cyclic esters (lactones) is 1. The summed E-state index contributed by atoms with van der Waals surface area (Å²) in [6.07, 6.45) is 3.56. The van der Waals surface area contributed by atoms with Crippen LogP contribution in [-0.2, 0) is 27.3 Å². The number of allylic oxidation sites excluding steroid dienone is 2. The van der Waals surface area contributed by atoms with Gasteiger partial charge >= 0.3 is 11.9 Å². The first-order chi connectivity index (χ1) is 13.3. The second-order valence-electron chi connectivity index (χ2n) is 7.27. The maximum absolute atomic E-state index is 12.3. The van der Waals surface area contributed by atoms with Gasteiger partial charge in [0.1, 0.15) is 12.4 Å². The van der Waals surface area contributed by atoms with Crippen LogP contribution in [0.4, 0.5) is 5.69 Å². The molecule has 28 heavy (non-hydrogen) atoms. The Bertz CT molecular complexity index is 780. The van der Waals surface area contributed by atoms with Crippen LogP contribution in [0.2, 0.25) is 0 Å². The van der Waals surface area contributed by atoms with Gasteiger partial charge in [-0.1, -0.05) is 11.6 Å². The van der Waals surface area contributed by atoms with Crippen molar-refractivity contribution in [2.24, 2.45) is 0 Å². The van der Waals surface area contributed by atoms with Crippen LogP contribution < -0.4 is 10.1 Å². The molecule has 6 heteroatoms. The molecule has 0 atom stereocenters. The van der Waals surface area contributed by atoms with Crippen molar-refractivity contribution >= 4 is 17.6 Å². The highest BCUT2D eigenvalue weighted by Crippen LogP contribution is 2.41. The van der Waals surface area contributed by atoms with E-state index in [1.165, 1.54) is 0 Å². The van der Waals surface area contributed by atoms with Crippen LogP contribution in [0.5, 0.6) is 5.75 Å². The Balaban J connectivity index is 2.29. The summed E-state index contributed by atoms with van der Waals surface area (Å²) >= 11 is 0. The largest absolute Gasteiger partial charge is 0.496 e. The summed E-state index contributed by atoms with van der Waals surface area (Å²) in [5, 5.41) is 3.32. The van der Waals surface area contributed by atoms with E-state index in [1.807, 2.05) is 34.6 Å². The van der Waals surface area contributed by atoms with Crippen molar-refractivity contribution in [3.05, 3.63) is 33.9 Å². The fourth-order valence-corrected chi connectivity index (χ4v) is 3.42. The molecule has 1 aromatic rings. The standard InChI is InChI=1S/C22H31NO5/c1-7-23-20-16(10-8-14(4)9-11-18(24)28-13(2)3)21(26-6)15(5)17-12-27-22(25)19(17)20/h8,13,23H,7,9-12H2,1-6H3/b14-8+. The van der Waals surface area contributed by atoms with E-state index in [0.29, 0.717) is 31.4 Å². The zero-order valence-corrected chi connectivity index (χ0v) is 17.7. The van der Waals surface area contributed by atoms with Crippen LogP contribution in [-0.4, -0.2) is 31.7 Å². The Morgan fingerprint density at radius 2 is 2.04 bits per heavy atom. The summed E-state index contributed by atoms with van der Waals surface area (Å²) < 4.78 is 16.1. The maximum Gasteiger partial charge on any atom is 0.341 e. The molecule has 0 bridgehead atoms. The second-order valence-corrected chi connectivity index (χ2v) is 7.27. The highest BCUT2D eigenvalue weighted by Gasteiger charge is 2.31. The number of nitrogens with one attached hydrogen (secondary N) is 1. The van der Waals surface area contributed by atoms with Crippen LogP contribution in [0, 0.1) is 6.92 Å². The zero-order valence-electron chi connectivity index (χ0n) is 17.7. The fourth-order valence-electron chi connectivity index (χ4n) is 3.42. The van der Waals surface area contributed by atoms with Crippen LogP contribution >= 0.6 is 0 Å². The first-order valence-corrected chi connectivity index (χ1v) is 9.78.